The van der Waals surface area contributed by atoms with Gasteiger partial charge in [-0.2, -0.15) is 0 Å². The van der Waals surface area contributed by atoms with E-state index in [0.29, 0.717) is 0 Å². The van der Waals surface area contributed by atoms with Crippen LogP contribution >= 0.6 is 21.6 Å². The predicted octanol–water partition coefficient (Wildman–Crippen LogP) is 3.51. The van der Waals surface area contributed by atoms with Crippen LogP contribution in [-0.2, 0) is 12.8 Å². The molecule has 4 N–H and O–H groups in total. The molecule has 0 aliphatic rings. The van der Waals surface area contributed by atoms with Crippen LogP contribution < -0.4 is 11.5 Å². The van der Waals surface area contributed by atoms with Gasteiger partial charge in [-0.05, 0) is 24.0 Å². The molecule has 118 valence electrons. The van der Waals surface area contributed by atoms with E-state index in [2.05, 4.69) is 48.5 Å². The first-order valence-corrected chi connectivity index (χ1v) is 10.1. The molecular weight excluding hydrogens is 308 g/mol. The highest BCUT2D eigenvalue weighted by Crippen LogP contribution is 2.23. The second kappa shape index (κ2) is 9.95. The molecule has 0 unspecified atom stereocenters. The fraction of sp³-hybridized carbons (Fsp3) is 0.333. The smallest absolute Gasteiger partial charge is 0.0192 e. The summed E-state index contributed by atoms with van der Waals surface area (Å²) in [4.78, 5) is 0. The molecule has 0 aromatic heterocycles. The van der Waals surface area contributed by atoms with E-state index < -0.39 is 0 Å². The van der Waals surface area contributed by atoms with E-state index in [0.717, 1.165) is 24.3 Å². The summed E-state index contributed by atoms with van der Waals surface area (Å²) in [5, 5.41) is 0. The molecule has 22 heavy (non-hydrogen) atoms. The molecule has 2 atom stereocenters. The van der Waals surface area contributed by atoms with Crippen LogP contribution in [0.4, 0.5) is 0 Å². The van der Waals surface area contributed by atoms with Gasteiger partial charge in [0.05, 0.1) is 0 Å². The Labute approximate surface area is 141 Å². The lowest BCUT2D eigenvalue weighted by molar-refractivity contribution is 0.747. The summed E-state index contributed by atoms with van der Waals surface area (Å²) in [7, 11) is 3.66. The molecule has 0 spiro atoms. The minimum atomic E-state index is 0.199. The third kappa shape index (κ3) is 6.88. The Balaban J connectivity index is 1.58. The lowest BCUT2D eigenvalue weighted by atomic mass is 10.1. The maximum atomic E-state index is 6.18. The highest BCUT2D eigenvalue weighted by atomic mass is 33.1. The fourth-order valence-electron chi connectivity index (χ4n) is 2.22. The Bertz CT molecular complexity index is 470. The van der Waals surface area contributed by atoms with Crippen molar-refractivity contribution in [1.82, 2.24) is 0 Å². The Morgan fingerprint density at radius 2 is 1.00 bits per heavy atom. The quantitative estimate of drug-likeness (QED) is 0.545. The number of hydrogen-bond acceptors (Lipinski definition) is 4. The Morgan fingerprint density at radius 1 is 0.636 bits per heavy atom. The van der Waals surface area contributed by atoms with E-state index in [1.165, 1.54) is 11.1 Å². The first-order valence-electron chi connectivity index (χ1n) is 7.57. The van der Waals surface area contributed by atoms with Crippen LogP contribution in [-0.4, -0.2) is 23.6 Å². The van der Waals surface area contributed by atoms with Crippen molar-refractivity contribution in [2.24, 2.45) is 11.5 Å². The Kier molecular flexibility index (Phi) is 7.88. The van der Waals surface area contributed by atoms with Crippen LogP contribution in [0.1, 0.15) is 11.1 Å². The van der Waals surface area contributed by atoms with Crippen molar-refractivity contribution in [1.29, 1.82) is 0 Å². The first-order chi connectivity index (χ1) is 10.7. The highest BCUT2D eigenvalue weighted by Gasteiger charge is 2.07. The summed E-state index contributed by atoms with van der Waals surface area (Å²) < 4.78 is 0. The summed E-state index contributed by atoms with van der Waals surface area (Å²) in [6.07, 6.45) is 1.87. The minimum Gasteiger partial charge on any atom is -0.327 e. The molecule has 0 aliphatic heterocycles. The lowest BCUT2D eigenvalue weighted by Crippen LogP contribution is -2.26. The number of hydrogen-bond donors (Lipinski definition) is 2. The van der Waals surface area contributed by atoms with Crippen LogP contribution in [0.2, 0.25) is 0 Å². The van der Waals surface area contributed by atoms with Crippen molar-refractivity contribution in [3.8, 4) is 0 Å². The van der Waals surface area contributed by atoms with Gasteiger partial charge in [0, 0.05) is 23.6 Å². The zero-order valence-electron chi connectivity index (χ0n) is 12.7. The summed E-state index contributed by atoms with van der Waals surface area (Å²) in [6, 6.07) is 21.2. The molecule has 2 aromatic carbocycles. The summed E-state index contributed by atoms with van der Waals surface area (Å²) in [5.74, 6) is 1.91. The molecule has 0 fully saturated rings. The van der Waals surface area contributed by atoms with E-state index >= 15 is 0 Å². The van der Waals surface area contributed by atoms with Crippen LogP contribution in [0.5, 0.6) is 0 Å². The van der Waals surface area contributed by atoms with Gasteiger partial charge in [-0.15, -0.1) is 0 Å². The van der Waals surface area contributed by atoms with Crippen LogP contribution in [0, 0.1) is 0 Å². The lowest BCUT2D eigenvalue weighted by Gasteiger charge is -2.13. The normalized spacial score (nSPS) is 13.7. The summed E-state index contributed by atoms with van der Waals surface area (Å²) >= 11 is 0. The van der Waals surface area contributed by atoms with Gasteiger partial charge in [-0.1, -0.05) is 82.3 Å². The van der Waals surface area contributed by atoms with Crippen molar-refractivity contribution in [3.63, 3.8) is 0 Å². The van der Waals surface area contributed by atoms with E-state index in [-0.39, 0.29) is 12.1 Å². The van der Waals surface area contributed by atoms with Gasteiger partial charge >= 0.3 is 0 Å². The van der Waals surface area contributed by atoms with Crippen molar-refractivity contribution >= 4 is 21.6 Å². The maximum Gasteiger partial charge on any atom is 0.0192 e. The van der Waals surface area contributed by atoms with E-state index in [1.54, 1.807) is 0 Å². The summed E-state index contributed by atoms with van der Waals surface area (Å²) in [5.41, 5.74) is 15.0. The maximum absolute atomic E-state index is 6.18. The van der Waals surface area contributed by atoms with E-state index in [1.807, 2.05) is 33.7 Å². The number of nitrogens with two attached hydrogens (primary N) is 2. The molecule has 2 rings (SSSR count). The number of benzene rings is 2. The van der Waals surface area contributed by atoms with Crippen molar-refractivity contribution < 1.29 is 0 Å². The van der Waals surface area contributed by atoms with E-state index in [4.69, 9.17) is 11.5 Å². The molecule has 2 nitrogen and oxygen atoms in total. The molecule has 0 saturated carbocycles. The third-order valence-electron chi connectivity index (χ3n) is 3.33. The second-order valence-electron chi connectivity index (χ2n) is 5.47. The molecule has 0 aliphatic carbocycles. The molecule has 0 amide bonds. The average Bonchev–Trinajstić information content (AvgIpc) is 2.53. The topological polar surface area (TPSA) is 52.0 Å². The van der Waals surface area contributed by atoms with Gasteiger partial charge in [0.2, 0.25) is 0 Å². The second-order valence-corrected chi connectivity index (χ2v) is 8.02. The van der Waals surface area contributed by atoms with Crippen molar-refractivity contribution in [2.75, 3.05) is 11.5 Å². The number of rotatable bonds is 9. The SMILES string of the molecule is N[C@H](CSSC[C@@H](N)Cc1ccccc1)Cc1ccccc1. The summed E-state index contributed by atoms with van der Waals surface area (Å²) in [6.45, 7) is 0. The molecule has 0 bridgehead atoms. The van der Waals surface area contributed by atoms with E-state index in [9.17, 15) is 0 Å². The third-order valence-corrected chi connectivity index (χ3v) is 5.94. The molecular formula is C18H24N2S2. The van der Waals surface area contributed by atoms with Crippen LogP contribution in [0.15, 0.2) is 60.7 Å². The van der Waals surface area contributed by atoms with Gasteiger partial charge in [0.15, 0.2) is 0 Å². The first kappa shape index (κ1) is 17.4. The minimum absolute atomic E-state index is 0.199. The zero-order valence-corrected chi connectivity index (χ0v) is 14.4. The largest absolute Gasteiger partial charge is 0.327 e. The van der Waals surface area contributed by atoms with Gasteiger partial charge < -0.3 is 11.5 Å². The Hall–Kier alpha value is -0.940. The fourth-order valence-corrected chi connectivity index (χ4v) is 4.63. The van der Waals surface area contributed by atoms with Gasteiger partial charge in [0.1, 0.15) is 0 Å². The van der Waals surface area contributed by atoms with Gasteiger partial charge in [-0.3, -0.25) is 0 Å². The van der Waals surface area contributed by atoms with Crippen LogP contribution in [0.3, 0.4) is 0 Å². The standard InChI is InChI=1S/C18H24N2S2/c19-17(11-15-7-3-1-4-8-15)13-21-22-14-18(20)12-16-9-5-2-6-10-16/h1-10,17-18H,11-14,19-20H2/t17-,18-/m0/s1. The van der Waals surface area contributed by atoms with Gasteiger partial charge in [0.25, 0.3) is 0 Å². The van der Waals surface area contributed by atoms with Crippen LogP contribution in [0.25, 0.3) is 0 Å². The average molecular weight is 333 g/mol. The van der Waals surface area contributed by atoms with Crippen molar-refractivity contribution in [2.45, 2.75) is 24.9 Å². The Morgan fingerprint density at radius 3 is 1.36 bits per heavy atom. The predicted molar refractivity (Wildman–Crippen MR) is 101 cm³/mol. The van der Waals surface area contributed by atoms with Crippen molar-refractivity contribution in [3.05, 3.63) is 71.8 Å². The molecule has 0 saturated heterocycles. The van der Waals surface area contributed by atoms with Gasteiger partial charge in [-0.25, -0.2) is 0 Å². The molecule has 4 heteroatoms. The molecule has 0 heterocycles. The zero-order chi connectivity index (χ0) is 15.6. The molecule has 2 aromatic rings. The monoisotopic (exact) mass is 332 g/mol. The molecule has 0 radical (unpaired) electrons. The highest BCUT2D eigenvalue weighted by molar-refractivity contribution is 8.76.